The van der Waals surface area contributed by atoms with E-state index in [0.29, 0.717) is 0 Å². The molecule has 0 saturated heterocycles. The van der Waals surface area contributed by atoms with E-state index in [1.54, 1.807) is 0 Å². The predicted molar refractivity (Wildman–Crippen MR) is 56.4 cm³/mol. The third-order valence-corrected chi connectivity index (χ3v) is 2.46. The van der Waals surface area contributed by atoms with Crippen molar-refractivity contribution in [2.45, 2.75) is 19.4 Å². The first-order chi connectivity index (χ1) is 5.24. The van der Waals surface area contributed by atoms with Crippen LogP contribution in [0, 0.1) is 3.57 Å². The van der Waals surface area contributed by atoms with Gasteiger partial charge in [0.1, 0.15) is 0 Å². The van der Waals surface area contributed by atoms with Crippen molar-refractivity contribution in [2.75, 3.05) is 0 Å². The topological polar surface area (TPSA) is 26.0 Å². The van der Waals surface area contributed by atoms with Gasteiger partial charge in [-0.2, -0.15) is 0 Å². The first-order valence-electron chi connectivity index (χ1n) is 3.75. The molecule has 0 aromatic heterocycles. The summed E-state index contributed by atoms with van der Waals surface area (Å²) in [6.07, 6.45) is 1.00. The van der Waals surface area contributed by atoms with Crippen molar-refractivity contribution >= 4 is 22.6 Å². The molecule has 0 radical (unpaired) electrons. The van der Waals surface area contributed by atoms with Gasteiger partial charge >= 0.3 is 0 Å². The first-order valence-corrected chi connectivity index (χ1v) is 4.83. The van der Waals surface area contributed by atoms with Crippen molar-refractivity contribution in [3.05, 3.63) is 33.4 Å². The number of hydrogen-bond donors (Lipinski definition) is 1. The molecule has 1 aromatic rings. The number of halogens is 1. The fraction of sp³-hybridized carbons (Fsp3) is 0.333. The average Bonchev–Trinajstić information content (AvgIpc) is 2.05. The standard InChI is InChI=1S/C9H12IN/c1-2-9(11)7-3-5-8(10)6-4-7/h3-6,9H,2,11H2,1H3/t9-/m0/s1. The second kappa shape index (κ2) is 4.07. The summed E-state index contributed by atoms with van der Waals surface area (Å²) in [5.41, 5.74) is 7.07. The minimum absolute atomic E-state index is 0.201. The van der Waals surface area contributed by atoms with Crippen LogP contribution in [0.25, 0.3) is 0 Å². The molecule has 1 atom stereocenters. The van der Waals surface area contributed by atoms with Gasteiger partial charge < -0.3 is 5.73 Å². The molecule has 0 saturated carbocycles. The van der Waals surface area contributed by atoms with E-state index < -0.39 is 0 Å². The fourth-order valence-electron chi connectivity index (χ4n) is 0.946. The molecule has 2 N–H and O–H groups in total. The lowest BCUT2D eigenvalue weighted by atomic mass is 10.1. The minimum atomic E-state index is 0.201. The van der Waals surface area contributed by atoms with Crippen LogP contribution >= 0.6 is 22.6 Å². The second-order valence-electron chi connectivity index (χ2n) is 2.57. The molecule has 1 aromatic carbocycles. The molecule has 11 heavy (non-hydrogen) atoms. The van der Waals surface area contributed by atoms with Gasteiger partial charge in [0.05, 0.1) is 0 Å². The molecule has 0 fully saturated rings. The zero-order chi connectivity index (χ0) is 8.27. The third-order valence-electron chi connectivity index (χ3n) is 1.74. The van der Waals surface area contributed by atoms with Crippen molar-refractivity contribution in [3.63, 3.8) is 0 Å². The Labute approximate surface area is 81.1 Å². The highest BCUT2D eigenvalue weighted by atomic mass is 127. The Morgan fingerprint density at radius 1 is 1.36 bits per heavy atom. The van der Waals surface area contributed by atoms with Crippen LogP contribution in [0.15, 0.2) is 24.3 Å². The predicted octanol–water partition coefficient (Wildman–Crippen LogP) is 2.70. The van der Waals surface area contributed by atoms with Gasteiger partial charge in [-0.1, -0.05) is 19.1 Å². The molecule has 0 heterocycles. The van der Waals surface area contributed by atoms with Gasteiger partial charge in [-0.3, -0.25) is 0 Å². The highest BCUT2D eigenvalue weighted by Gasteiger charge is 2.00. The lowest BCUT2D eigenvalue weighted by Gasteiger charge is -2.07. The van der Waals surface area contributed by atoms with E-state index in [4.69, 9.17) is 5.73 Å². The van der Waals surface area contributed by atoms with E-state index in [9.17, 15) is 0 Å². The van der Waals surface area contributed by atoms with Crippen LogP contribution in [0.5, 0.6) is 0 Å². The van der Waals surface area contributed by atoms with Gasteiger partial charge in [-0.25, -0.2) is 0 Å². The molecule has 60 valence electrons. The van der Waals surface area contributed by atoms with Crippen LogP contribution in [-0.2, 0) is 0 Å². The maximum Gasteiger partial charge on any atom is 0.0292 e. The molecule has 0 unspecified atom stereocenters. The maximum atomic E-state index is 5.84. The van der Waals surface area contributed by atoms with Crippen molar-refractivity contribution < 1.29 is 0 Å². The molecule has 0 amide bonds. The van der Waals surface area contributed by atoms with Crippen LogP contribution in [0.1, 0.15) is 24.9 Å². The monoisotopic (exact) mass is 261 g/mol. The van der Waals surface area contributed by atoms with Crippen LogP contribution < -0.4 is 5.73 Å². The van der Waals surface area contributed by atoms with E-state index in [-0.39, 0.29) is 6.04 Å². The summed E-state index contributed by atoms with van der Waals surface area (Å²) in [6.45, 7) is 2.10. The number of nitrogens with two attached hydrogens (primary N) is 1. The highest BCUT2D eigenvalue weighted by Crippen LogP contribution is 2.14. The zero-order valence-electron chi connectivity index (χ0n) is 6.55. The maximum absolute atomic E-state index is 5.84. The average molecular weight is 261 g/mol. The summed E-state index contributed by atoms with van der Waals surface area (Å²) in [5.74, 6) is 0. The van der Waals surface area contributed by atoms with Crippen LogP contribution in [0.4, 0.5) is 0 Å². The molecular formula is C9H12IN. The molecular weight excluding hydrogens is 249 g/mol. The Morgan fingerprint density at radius 3 is 2.36 bits per heavy atom. The van der Waals surface area contributed by atoms with Crippen molar-refractivity contribution in [2.24, 2.45) is 5.73 Å². The highest BCUT2D eigenvalue weighted by molar-refractivity contribution is 14.1. The Bertz CT molecular complexity index is 218. The zero-order valence-corrected chi connectivity index (χ0v) is 8.71. The van der Waals surface area contributed by atoms with Gasteiger partial charge in [0.25, 0.3) is 0 Å². The van der Waals surface area contributed by atoms with E-state index in [1.807, 2.05) is 0 Å². The number of rotatable bonds is 2. The van der Waals surface area contributed by atoms with Crippen LogP contribution in [0.2, 0.25) is 0 Å². The van der Waals surface area contributed by atoms with E-state index >= 15 is 0 Å². The van der Waals surface area contributed by atoms with Gasteiger partial charge in [0, 0.05) is 9.61 Å². The SMILES string of the molecule is CC[C@H](N)c1ccc(I)cc1. The molecule has 0 aliphatic heterocycles. The van der Waals surface area contributed by atoms with Gasteiger partial charge in [0.2, 0.25) is 0 Å². The van der Waals surface area contributed by atoms with E-state index in [0.717, 1.165) is 6.42 Å². The summed E-state index contributed by atoms with van der Waals surface area (Å²) in [4.78, 5) is 0. The normalized spacial score (nSPS) is 13.0. The Balaban J connectivity index is 2.81. The molecule has 0 spiro atoms. The summed E-state index contributed by atoms with van der Waals surface area (Å²) in [7, 11) is 0. The molecule has 0 aliphatic carbocycles. The summed E-state index contributed by atoms with van der Waals surface area (Å²) < 4.78 is 1.26. The lowest BCUT2D eigenvalue weighted by molar-refractivity contribution is 0.698. The molecule has 2 heteroatoms. The van der Waals surface area contributed by atoms with Gasteiger partial charge in [-0.05, 0) is 46.7 Å². The Morgan fingerprint density at radius 2 is 1.91 bits per heavy atom. The quantitative estimate of drug-likeness (QED) is 0.814. The fourth-order valence-corrected chi connectivity index (χ4v) is 1.31. The minimum Gasteiger partial charge on any atom is -0.324 e. The van der Waals surface area contributed by atoms with E-state index in [2.05, 4.69) is 53.8 Å². The van der Waals surface area contributed by atoms with Crippen molar-refractivity contribution in [3.8, 4) is 0 Å². The van der Waals surface area contributed by atoms with Crippen molar-refractivity contribution in [1.82, 2.24) is 0 Å². The van der Waals surface area contributed by atoms with Crippen LogP contribution in [0.3, 0.4) is 0 Å². The number of benzene rings is 1. The van der Waals surface area contributed by atoms with Gasteiger partial charge in [-0.15, -0.1) is 0 Å². The first kappa shape index (κ1) is 9.00. The Hall–Kier alpha value is -0.0900. The lowest BCUT2D eigenvalue weighted by Crippen LogP contribution is -2.07. The molecule has 0 bridgehead atoms. The second-order valence-corrected chi connectivity index (χ2v) is 3.81. The van der Waals surface area contributed by atoms with E-state index in [1.165, 1.54) is 9.13 Å². The smallest absolute Gasteiger partial charge is 0.0292 e. The van der Waals surface area contributed by atoms with Crippen LogP contribution in [-0.4, -0.2) is 0 Å². The number of hydrogen-bond acceptors (Lipinski definition) is 1. The Kier molecular flexibility index (Phi) is 3.33. The molecule has 1 nitrogen and oxygen atoms in total. The summed E-state index contributed by atoms with van der Waals surface area (Å²) >= 11 is 2.29. The molecule has 0 aliphatic rings. The molecule has 1 rings (SSSR count). The van der Waals surface area contributed by atoms with Crippen molar-refractivity contribution in [1.29, 1.82) is 0 Å². The van der Waals surface area contributed by atoms with Gasteiger partial charge in [0.15, 0.2) is 0 Å². The third kappa shape index (κ3) is 2.45. The largest absolute Gasteiger partial charge is 0.324 e. The summed E-state index contributed by atoms with van der Waals surface area (Å²) in [5, 5.41) is 0. The summed E-state index contributed by atoms with van der Waals surface area (Å²) in [6, 6.07) is 8.56.